The van der Waals surface area contributed by atoms with E-state index in [4.69, 9.17) is 5.73 Å². The maximum absolute atomic E-state index is 11.6. The molecule has 5 heteroatoms. The van der Waals surface area contributed by atoms with Gasteiger partial charge < -0.3 is 10.6 Å². The average Bonchev–Trinajstić information content (AvgIpc) is 2.75. The molecule has 1 aromatic heterocycles. The molecule has 0 spiro atoms. The predicted octanol–water partition coefficient (Wildman–Crippen LogP) is 0.759. The van der Waals surface area contributed by atoms with Gasteiger partial charge >= 0.3 is 0 Å². The summed E-state index contributed by atoms with van der Waals surface area (Å²) in [7, 11) is 0. The number of aryl methyl sites for hydroxylation is 1. The van der Waals surface area contributed by atoms with Gasteiger partial charge in [-0.05, 0) is 19.4 Å². The molecule has 0 saturated carbocycles. The van der Waals surface area contributed by atoms with Crippen LogP contribution in [0.4, 0.5) is 0 Å². The fourth-order valence-corrected chi connectivity index (χ4v) is 2.64. The molecule has 2 N–H and O–H groups in total. The summed E-state index contributed by atoms with van der Waals surface area (Å²) in [6, 6.07) is 0. The van der Waals surface area contributed by atoms with E-state index in [0.717, 1.165) is 16.4 Å². The summed E-state index contributed by atoms with van der Waals surface area (Å²) in [5, 5.41) is 1.05. The van der Waals surface area contributed by atoms with E-state index in [-0.39, 0.29) is 5.91 Å². The quantitative estimate of drug-likeness (QED) is 0.826. The molecule has 1 unspecified atom stereocenters. The largest absolute Gasteiger partial charge is 0.337 e. The van der Waals surface area contributed by atoms with E-state index in [0.29, 0.717) is 25.4 Å². The zero-order valence-electron chi connectivity index (χ0n) is 8.77. The summed E-state index contributed by atoms with van der Waals surface area (Å²) in [6.07, 6.45) is 2.46. The second-order valence-electron chi connectivity index (χ2n) is 3.93. The molecule has 0 radical (unpaired) electrons. The Labute approximate surface area is 93.1 Å². The molecule has 1 atom stereocenters. The molecular formula is C10H15N3OS. The maximum Gasteiger partial charge on any atom is 0.223 e. The van der Waals surface area contributed by atoms with Gasteiger partial charge in [-0.3, -0.25) is 4.79 Å². The van der Waals surface area contributed by atoms with Gasteiger partial charge in [0.05, 0.1) is 11.6 Å². The number of carbonyl (C=O) groups excluding carboxylic acids is 1. The first-order chi connectivity index (χ1) is 7.19. The van der Waals surface area contributed by atoms with Crippen LogP contribution in [0.1, 0.15) is 16.3 Å². The van der Waals surface area contributed by atoms with Gasteiger partial charge in [-0.25, -0.2) is 4.98 Å². The Balaban J connectivity index is 1.98. The summed E-state index contributed by atoms with van der Waals surface area (Å²) in [5.41, 5.74) is 5.57. The lowest BCUT2D eigenvalue weighted by atomic mass is 10.1. The van der Waals surface area contributed by atoms with Crippen LogP contribution in [0.2, 0.25) is 0 Å². The van der Waals surface area contributed by atoms with Crippen LogP contribution in [0, 0.1) is 12.8 Å². The lowest BCUT2D eigenvalue weighted by molar-refractivity contribution is -0.128. The predicted molar refractivity (Wildman–Crippen MR) is 59.4 cm³/mol. The summed E-state index contributed by atoms with van der Waals surface area (Å²) >= 11 is 1.65. The molecule has 4 nitrogen and oxygen atoms in total. The number of thiazole rings is 1. The highest BCUT2D eigenvalue weighted by molar-refractivity contribution is 7.11. The standard InChI is InChI=1S/C10H15N3OS/c1-7-12-4-9(15-7)6-13-5-8(3-11)2-10(13)14/h4,8H,2-3,5-6,11H2,1H3. The number of hydrogen-bond donors (Lipinski definition) is 1. The lowest BCUT2D eigenvalue weighted by Gasteiger charge is -2.14. The van der Waals surface area contributed by atoms with E-state index in [2.05, 4.69) is 4.98 Å². The van der Waals surface area contributed by atoms with Gasteiger partial charge in [-0.15, -0.1) is 11.3 Å². The van der Waals surface area contributed by atoms with E-state index in [1.807, 2.05) is 18.0 Å². The molecule has 2 heterocycles. The van der Waals surface area contributed by atoms with Crippen molar-refractivity contribution in [3.05, 3.63) is 16.1 Å². The molecule has 1 aliphatic heterocycles. The molecule has 15 heavy (non-hydrogen) atoms. The minimum Gasteiger partial charge on any atom is -0.337 e. The molecule has 2 rings (SSSR count). The lowest BCUT2D eigenvalue weighted by Crippen LogP contribution is -2.25. The molecular weight excluding hydrogens is 210 g/mol. The number of hydrogen-bond acceptors (Lipinski definition) is 4. The van der Waals surface area contributed by atoms with Crippen molar-refractivity contribution in [3.63, 3.8) is 0 Å². The van der Waals surface area contributed by atoms with Gasteiger partial charge in [0.1, 0.15) is 0 Å². The summed E-state index contributed by atoms with van der Waals surface area (Å²) in [4.78, 5) is 18.8. The van der Waals surface area contributed by atoms with Gasteiger partial charge in [-0.1, -0.05) is 0 Å². The third kappa shape index (κ3) is 2.35. The first-order valence-corrected chi connectivity index (χ1v) is 5.90. The summed E-state index contributed by atoms with van der Waals surface area (Å²) in [6.45, 7) is 4.07. The van der Waals surface area contributed by atoms with Gasteiger partial charge in [0.2, 0.25) is 5.91 Å². The number of aromatic nitrogens is 1. The molecule has 1 saturated heterocycles. The molecule has 0 aromatic carbocycles. The highest BCUT2D eigenvalue weighted by atomic mass is 32.1. The zero-order valence-corrected chi connectivity index (χ0v) is 9.59. The van der Waals surface area contributed by atoms with Crippen LogP contribution in [0.25, 0.3) is 0 Å². The molecule has 1 fully saturated rings. The summed E-state index contributed by atoms with van der Waals surface area (Å²) in [5.74, 6) is 0.558. The Morgan fingerprint density at radius 3 is 3.07 bits per heavy atom. The highest BCUT2D eigenvalue weighted by Gasteiger charge is 2.28. The molecule has 1 amide bonds. The third-order valence-corrected chi connectivity index (χ3v) is 3.54. The SMILES string of the molecule is Cc1ncc(CN2CC(CN)CC2=O)s1. The Morgan fingerprint density at radius 2 is 2.53 bits per heavy atom. The van der Waals surface area contributed by atoms with Gasteiger partial charge in [-0.2, -0.15) is 0 Å². The first kappa shape index (κ1) is 10.6. The highest BCUT2D eigenvalue weighted by Crippen LogP contribution is 2.21. The van der Waals surface area contributed by atoms with Crippen molar-refractivity contribution < 1.29 is 4.79 Å². The van der Waals surface area contributed by atoms with E-state index < -0.39 is 0 Å². The second kappa shape index (κ2) is 4.28. The normalized spacial score (nSPS) is 21.3. The minimum absolute atomic E-state index is 0.219. The molecule has 1 aromatic rings. The number of likely N-dealkylation sites (tertiary alicyclic amines) is 1. The van der Waals surface area contributed by atoms with E-state index >= 15 is 0 Å². The van der Waals surface area contributed by atoms with Crippen molar-refractivity contribution >= 4 is 17.2 Å². The molecule has 82 valence electrons. The summed E-state index contributed by atoms with van der Waals surface area (Å²) < 4.78 is 0. The molecule has 1 aliphatic rings. The number of rotatable bonds is 3. The van der Waals surface area contributed by atoms with Gasteiger partial charge in [0.15, 0.2) is 0 Å². The Morgan fingerprint density at radius 1 is 1.73 bits per heavy atom. The zero-order chi connectivity index (χ0) is 10.8. The van der Waals surface area contributed by atoms with Gasteiger partial charge in [0.25, 0.3) is 0 Å². The fourth-order valence-electron chi connectivity index (χ4n) is 1.83. The van der Waals surface area contributed by atoms with Crippen LogP contribution in [0.5, 0.6) is 0 Å². The number of nitrogens with zero attached hydrogens (tertiary/aromatic N) is 2. The van der Waals surface area contributed by atoms with Crippen LogP contribution in [0.3, 0.4) is 0 Å². The Bertz CT molecular complexity index is 363. The molecule has 0 bridgehead atoms. The van der Waals surface area contributed by atoms with Crippen LogP contribution in [0.15, 0.2) is 6.20 Å². The van der Waals surface area contributed by atoms with Crippen LogP contribution in [-0.2, 0) is 11.3 Å². The minimum atomic E-state index is 0.219. The first-order valence-electron chi connectivity index (χ1n) is 5.08. The number of amides is 1. The molecule has 0 aliphatic carbocycles. The van der Waals surface area contributed by atoms with Crippen LogP contribution in [-0.4, -0.2) is 28.9 Å². The van der Waals surface area contributed by atoms with Crippen molar-refractivity contribution in [2.75, 3.05) is 13.1 Å². The van der Waals surface area contributed by atoms with E-state index in [1.165, 1.54) is 0 Å². The second-order valence-corrected chi connectivity index (χ2v) is 5.25. The van der Waals surface area contributed by atoms with E-state index in [9.17, 15) is 4.79 Å². The van der Waals surface area contributed by atoms with Crippen molar-refractivity contribution in [1.82, 2.24) is 9.88 Å². The number of carbonyl (C=O) groups is 1. The van der Waals surface area contributed by atoms with Crippen LogP contribution < -0.4 is 5.73 Å². The monoisotopic (exact) mass is 225 g/mol. The van der Waals surface area contributed by atoms with E-state index in [1.54, 1.807) is 11.3 Å². The smallest absolute Gasteiger partial charge is 0.223 e. The van der Waals surface area contributed by atoms with Crippen LogP contribution >= 0.6 is 11.3 Å². The van der Waals surface area contributed by atoms with Crippen molar-refractivity contribution in [2.45, 2.75) is 19.9 Å². The Kier molecular flexibility index (Phi) is 3.02. The maximum atomic E-state index is 11.6. The Hall–Kier alpha value is -0.940. The van der Waals surface area contributed by atoms with Crippen molar-refractivity contribution in [2.24, 2.45) is 11.7 Å². The topological polar surface area (TPSA) is 59.2 Å². The van der Waals surface area contributed by atoms with Crippen molar-refractivity contribution in [1.29, 1.82) is 0 Å². The number of nitrogens with two attached hydrogens (primary N) is 1. The van der Waals surface area contributed by atoms with Gasteiger partial charge in [0, 0.05) is 24.0 Å². The van der Waals surface area contributed by atoms with Crippen molar-refractivity contribution in [3.8, 4) is 0 Å². The average molecular weight is 225 g/mol. The fraction of sp³-hybridized carbons (Fsp3) is 0.600. The third-order valence-electron chi connectivity index (χ3n) is 2.64.